The smallest absolute Gasteiger partial charge is 0.179 e. The van der Waals surface area contributed by atoms with E-state index in [2.05, 4.69) is 15.5 Å². The Hall–Kier alpha value is -1.72. The minimum absolute atomic E-state index is 0.553. The van der Waals surface area contributed by atoms with E-state index in [1.807, 2.05) is 25.3 Å². The fraction of sp³-hybridized carbons (Fsp3) is 0.400. The van der Waals surface area contributed by atoms with Crippen molar-refractivity contribution in [1.29, 1.82) is 0 Å². The Labute approximate surface area is 128 Å². The second-order valence-corrected chi connectivity index (χ2v) is 5.46. The van der Waals surface area contributed by atoms with Gasteiger partial charge in [0.2, 0.25) is 0 Å². The highest BCUT2D eigenvalue weighted by Gasteiger charge is 2.16. The van der Waals surface area contributed by atoms with Gasteiger partial charge in [0.15, 0.2) is 11.5 Å². The number of hydrogen-bond acceptors (Lipinski definition) is 4. The number of nitrogens with one attached hydrogen (secondary N) is 2. The van der Waals surface area contributed by atoms with Crippen molar-refractivity contribution in [3.05, 3.63) is 40.2 Å². The van der Waals surface area contributed by atoms with Gasteiger partial charge in [0.1, 0.15) is 13.2 Å². The molecule has 0 aliphatic carbocycles. The summed E-state index contributed by atoms with van der Waals surface area (Å²) in [5.41, 5.74) is 3.43. The van der Waals surface area contributed by atoms with Crippen molar-refractivity contribution in [2.45, 2.75) is 19.9 Å². The molecule has 0 saturated carbocycles. The molecule has 1 aliphatic rings. The van der Waals surface area contributed by atoms with Gasteiger partial charge in [-0.3, -0.25) is 5.10 Å². The molecule has 0 fully saturated rings. The lowest BCUT2D eigenvalue weighted by Crippen LogP contribution is -2.18. The molecule has 0 saturated heterocycles. The molecule has 112 valence electrons. The number of halogens is 1. The van der Waals surface area contributed by atoms with Crippen molar-refractivity contribution in [1.82, 2.24) is 15.5 Å². The summed E-state index contributed by atoms with van der Waals surface area (Å²) in [6, 6.07) is 3.95. The second-order valence-electron chi connectivity index (χ2n) is 5.05. The number of fused-ring (bicyclic) bond motifs is 1. The van der Waals surface area contributed by atoms with Crippen LogP contribution in [0.4, 0.5) is 0 Å². The van der Waals surface area contributed by atoms with Crippen LogP contribution in [-0.2, 0) is 13.0 Å². The van der Waals surface area contributed by atoms with Crippen LogP contribution in [-0.4, -0.2) is 30.0 Å². The van der Waals surface area contributed by atoms with Crippen molar-refractivity contribution in [2.75, 3.05) is 19.8 Å². The van der Waals surface area contributed by atoms with Crippen LogP contribution in [0.3, 0.4) is 0 Å². The first-order valence-corrected chi connectivity index (χ1v) is 7.39. The summed E-state index contributed by atoms with van der Waals surface area (Å²) < 4.78 is 11.1. The van der Waals surface area contributed by atoms with Gasteiger partial charge in [0.05, 0.1) is 11.2 Å². The van der Waals surface area contributed by atoms with Gasteiger partial charge in [0, 0.05) is 17.8 Å². The van der Waals surface area contributed by atoms with Crippen molar-refractivity contribution in [3.8, 4) is 11.5 Å². The quantitative estimate of drug-likeness (QED) is 0.833. The van der Waals surface area contributed by atoms with Crippen LogP contribution in [0, 0.1) is 6.92 Å². The number of H-pyrrole nitrogens is 1. The first kappa shape index (κ1) is 14.2. The zero-order valence-corrected chi connectivity index (χ0v) is 12.7. The average molecular weight is 308 g/mol. The molecule has 6 heteroatoms. The van der Waals surface area contributed by atoms with Gasteiger partial charge in [-0.05, 0) is 37.6 Å². The summed E-state index contributed by atoms with van der Waals surface area (Å²) in [6.07, 6.45) is 2.73. The van der Waals surface area contributed by atoms with E-state index < -0.39 is 0 Å². The van der Waals surface area contributed by atoms with Gasteiger partial charge >= 0.3 is 0 Å². The molecule has 1 aromatic heterocycles. The molecular formula is C15H18ClN3O2. The van der Waals surface area contributed by atoms with Gasteiger partial charge < -0.3 is 14.8 Å². The SMILES string of the molecule is Cc1[nH]ncc1CNCCc1cc(Cl)c2c(c1)OCCO2. The van der Waals surface area contributed by atoms with E-state index in [-0.39, 0.29) is 0 Å². The fourth-order valence-electron chi connectivity index (χ4n) is 2.32. The first-order valence-electron chi connectivity index (χ1n) is 7.01. The van der Waals surface area contributed by atoms with Gasteiger partial charge in [-0.25, -0.2) is 0 Å². The van der Waals surface area contributed by atoms with E-state index in [1.54, 1.807) is 0 Å². The van der Waals surface area contributed by atoms with Crippen LogP contribution in [0.25, 0.3) is 0 Å². The zero-order chi connectivity index (χ0) is 14.7. The third-order valence-corrected chi connectivity index (χ3v) is 3.78. The Morgan fingerprint density at radius 2 is 2.19 bits per heavy atom. The van der Waals surface area contributed by atoms with Crippen molar-refractivity contribution in [2.24, 2.45) is 0 Å². The fourth-order valence-corrected chi connectivity index (χ4v) is 2.61. The topological polar surface area (TPSA) is 59.2 Å². The summed E-state index contributed by atoms with van der Waals surface area (Å²) in [5, 5.41) is 11.0. The van der Waals surface area contributed by atoms with Crippen LogP contribution in [0.5, 0.6) is 11.5 Å². The lowest BCUT2D eigenvalue weighted by atomic mass is 10.1. The Bertz CT molecular complexity index is 627. The van der Waals surface area contributed by atoms with E-state index in [0.29, 0.717) is 24.0 Å². The van der Waals surface area contributed by atoms with Gasteiger partial charge in [-0.2, -0.15) is 5.10 Å². The Kier molecular flexibility index (Phi) is 4.31. The molecular weight excluding hydrogens is 290 g/mol. The summed E-state index contributed by atoms with van der Waals surface area (Å²) in [7, 11) is 0. The number of aromatic nitrogens is 2. The standard InChI is InChI=1S/C15H18ClN3O2/c1-10-12(9-18-19-10)8-17-3-2-11-6-13(16)15-14(7-11)20-4-5-21-15/h6-7,9,17H,2-5,8H2,1H3,(H,18,19). The Morgan fingerprint density at radius 3 is 3.00 bits per heavy atom. The minimum atomic E-state index is 0.553. The molecule has 3 rings (SSSR count). The monoisotopic (exact) mass is 307 g/mol. The van der Waals surface area contributed by atoms with Crippen molar-refractivity contribution < 1.29 is 9.47 Å². The van der Waals surface area contributed by atoms with Crippen LogP contribution >= 0.6 is 11.6 Å². The van der Waals surface area contributed by atoms with E-state index in [0.717, 1.165) is 36.5 Å². The number of rotatable bonds is 5. The third kappa shape index (κ3) is 3.31. The molecule has 2 aromatic rings. The average Bonchev–Trinajstić information content (AvgIpc) is 2.89. The highest BCUT2D eigenvalue weighted by atomic mass is 35.5. The van der Waals surface area contributed by atoms with Crippen molar-refractivity contribution >= 4 is 11.6 Å². The lowest BCUT2D eigenvalue weighted by molar-refractivity contribution is 0.171. The van der Waals surface area contributed by atoms with Crippen LogP contribution < -0.4 is 14.8 Å². The molecule has 0 spiro atoms. The largest absolute Gasteiger partial charge is 0.486 e. The first-order chi connectivity index (χ1) is 10.2. The predicted molar refractivity (Wildman–Crippen MR) is 81.2 cm³/mol. The molecule has 0 atom stereocenters. The molecule has 1 aliphatic heterocycles. The number of hydrogen-bond donors (Lipinski definition) is 2. The molecule has 5 nitrogen and oxygen atoms in total. The van der Waals surface area contributed by atoms with Crippen LogP contribution in [0.1, 0.15) is 16.8 Å². The van der Waals surface area contributed by atoms with Gasteiger partial charge in [-0.1, -0.05) is 11.6 Å². The number of nitrogens with zero attached hydrogens (tertiary/aromatic N) is 1. The summed E-state index contributed by atoms with van der Waals surface area (Å²) in [4.78, 5) is 0. The van der Waals surface area contributed by atoms with E-state index in [9.17, 15) is 0 Å². The van der Waals surface area contributed by atoms with E-state index >= 15 is 0 Å². The predicted octanol–water partition coefficient (Wildman–Crippen LogP) is 2.48. The molecule has 2 heterocycles. The number of aryl methyl sites for hydroxylation is 1. The Morgan fingerprint density at radius 1 is 1.33 bits per heavy atom. The highest BCUT2D eigenvalue weighted by molar-refractivity contribution is 6.32. The summed E-state index contributed by atoms with van der Waals surface area (Å²) >= 11 is 6.22. The molecule has 0 bridgehead atoms. The molecule has 2 N–H and O–H groups in total. The van der Waals surface area contributed by atoms with Crippen LogP contribution in [0.2, 0.25) is 5.02 Å². The number of aromatic amines is 1. The Balaban J connectivity index is 1.56. The number of ether oxygens (including phenoxy) is 2. The van der Waals surface area contributed by atoms with Crippen molar-refractivity contribution in [3.63, 3.8) is 0 Å². The number of benzene rings is 1. The van der Waals surface area contributed by atoms with Gasteiger partial charge in [-0.15, -0.1) is 0 Å². The maximum absolute atomic E-state index is 6.22. The maximum atomic E-state index is 6.22. The summed E-state index contributed by atoms with van der Waals surface area (Å²) in [5.74, 6) is 1.41. The molecule has 0 unspecified atom stereocenters. The maximum Gasteiger partial charge on any atom is 0.179 e. The van der Waals surface area contributed by atoms with E-state index in [4.69, 9.17) is 21.1 Å². The summed E-state index contributed by atoms with van der Waals surface area (Å²) in [6.45, 7) is 4.81. The molecule has 0 radical (unpaired) electrons. The minimum Gasteiger partial charge on any atom is -0.486 e. The highest BCUT2D eigenvalue weighted by Crippen LogP contribution is 2.38. The van der Waals surface area contributed by atoms with Crippen LogP contribution in [0.15, 0.2) is 18.3 Å². The van der Waals surface area contributed by atoms with E-state index in [1.165, 1.54) is 5.56 Å². The third-order valence-electron chi connectivity index (χ3n) is 3.50. The lowest BCUT2D eigenvalue weighted by Gasteiger charge is -2.20. The molecule has 21 heavy (non-hydrogen) atoms. The second kappa shape index (κ2) is 6.37. The zero-order valence-electron chi connectivity index (χ0n) is 11.9. The van der Waals surface area contributed by atoms with Gasteiger partial charge in [0.25, 0.3) is 0 Å². The molecule has 0 amide bonds. The normalized spacial score (nSPS) is 13.4. The molecule has 1 aromatic carbocycles.